The Balaban J connectivity index is 1.25. The fourth-order valence-corrected chi connectivity index (χ4v) is 8.67. The van der Waals surface area contributed by atoms with Crippen molar-refractivity contribution < 1.29 is 9.53 Å². The number of carbonyl (C=O) groups is 1. The van der Waals surface area contributed by atoms with Crippen molar-refractivity contribution in [3.05, 3.63) is 63.3 Å². The summed E-state index contributed by atoms with van der Waals surface area (Å²) >= 11 is 0. The number of hydrogen-bond donors (Lipinski definition) is 0. The Morgan fingerprint density at radius 3 is 2.30 bits per heavy atom. The lowest BCUT2D eigenvalue weighted by Gasteiger charge is -2.49. The lowest BCUT2D eigenvalue weighted by molar-refractivity contribution is -0.141. The molecule has 0 amide bonds. The standard InChI is InChI=1S/C32H38N4O4/c1-40-29(37)19-34-13-5-8-26(31(34)38)30-32(39)36(28-10-3-2-9-27(28)33-30)25-17-22-11-12-23(18-25)35(22)24-15-20-6-4-7-21(14-20)16-24/h2-3,5,8-10,13,20-25H,4,6-7,11-12,14-19H2,1H3/t20-,21+,22-,23+,24?,25-. The van der Waals surface area contributed by atoms with Crippen molar-refractivity contribution in [1.82, 2.24) is 19.0 Å². The number of methoxy groups -OCH3 is 1. The summed E-state index contributed by atoms with van der Waals surface area (Å²) in [6, 6.07) is 12.8. The van der Waals surface area contributed by atoms with Crippen molar-refractivity contribution in [3.8, 4) is 11.3 Å². The fraction of sp³-hybridized carbons (Fsp3) is 0.562. The van der Waals surface area contributed by atoms with Crippen LogP contribution in [0.2, 0.25) is 0 Å². The van der Waals surface area contributed by atoms with E-state index in [9.17, 15) is 14.4 Å². The Labute approximate surface area is 234 Å². The monoisotopic (exact) mass is 542 g/mol. The Morgan fingerprint density at radius 1 is 0.850 bits per heavy atom. The molecule has 4 heterocycles. The van der Waals surface area contributed by atoms with Crippen molar-refractivity contribution in [2.75, 3.05) is 7.11 Å². The van der Waals surface area contributed by atoms with E-state index >= 15 is 0 Å². The number of hydrogen-bond acceptors (Lipinski definition) is 6. The smallest absolute Gasteiger partial charge is 0.325 e. The van der Waals surface area contributed by atoms with Crippen LogP contribution in [0.25, 0.3) is 22.3 Å². The molecule has 8 heteroatoms. The highest BCUT2D eigenvalue weighted by atomic mass is 16.5. The van der Waals surface area contributed by atoms with Gasteiger partial charge >= 0.3 is 5.97 Å². The molecule has 0 radical (unpaired) electrons. The quantitative estimate of drug-likeness (QED) is 0.440. The molecular weight excluding hydrogens is 504 g/mol. The van der Waals surface area contributed by atoms with Crippen LogP contribution in [-0.4, -0.2) is 50.2 Å². The molecule has 1 aromatic carbocycles. The lowest BCUT2D eigenvalue weighted by atomic mass is 9.69. The molecule has 4 bridgehead atoms. The highest BCUT2D eigenvalue weighted by Gasteiger charge is 2.47. The molecule has 2 saturated heterocycles. The zero-order valence-corrected chi connectivity index (χ0v) is 23.2. The number of carbonyl (C=O) groups excluding carboxylic acids is 1. The summed E-state index contributed by atoms with van der Waals surface area (Å²) in [6.07, 6.45) is 14.2. The summed E-state index contributed by atoms with van der Waals surface area (Å²) in [5, 5.41) is 0. The number of fused-ring (bicyclic) bond motifs is 5. The van der Waals surface area contributed by atoms with Gasteiger partial charge in [0.1, 0.15) is 12.2 Å². The molecule has 0 spiro atoms. The van der Waals surface area contributed by atoms with E-state index in [4.69, 9.17) is 9.72 Å². The van der Waals surface area contributed by atoms with Gasteiger partial charge < -0.3 is 13.9 Å². The summed E-state index contributed by atoms with van der Waals surface area (Å²) in [7, 11) is 1.29. The third kappa shape index (κ3) is 4.41. The van der Waals surface area contributed by atoms with E-state index in [1.807, 2.05) is 28.8 Å². The van der Waals surface area contributed by atoms with Gasteiger partial charge in [-0.2, -0.15) is 0 Å². The van der Waals surface area contributed by atoms with Gasteiger partial charge in [0.2, 0.25) is 0 Å². The van der Waals surface area contributed by atoms with Crippen molar-refractivity contribution in [3.63, 3.8) is 0 Å². The first-order valence-corrected chi connectivity index (χ1v) is 15.1. The predicted octanol–water partition coefficient (Wildman–Crippen LogP) is 4.53. The van der Waals surface area contributed by atoms with E-state index in [1.165, 1.54) is 69.2 Å². The molecule has 0 N–H and O–H groups in total. The number of rotatable bonds is 5. The molecule has 7 rings (SSSR count). The molecule has 1 unspecified atom stereocenters. The largest absolute Gasteiger partial charge is 0.468 e. The first-order chi connectivity index (χ1) is 19.5. The van der Waals surface area contributed by atoms with Gasteiger partial charge in [-0.25, -0.2) is 4.98 Å². The van der Waals surface area contributed by atoms with Crippen LogP contribution in [0.1, 0.15) is 70.3 Å². The number of piperidine rings is 1. The molecule has 6 atom stereocenters. The molecule has 4 aliphatic rings. The molecule has 40 heavy (non-hydrogen) atoms. The number of ether oxygens (including phenoxy) is 1. The van der Waals surface area contributed by atoms with Crippen LogP contribution in [0.15, 0.2) is 52.2 Å². The highest BCUT2D eigenvalue weighted by molar-refractivity contribution is 5.78. The van der Waals surface area contributed by atoms with E-state index in [1.54, 1.807) is 12.1 Å². The third-order valence-electron chi connectivity index (χ3n) is 10.3. The second kappa shape index (κ2) is 10.3. The average molecular weight is 543 g/mol. The maximum absolute atomic E-state index is 14.2. The van der Waals surface area contributed by atoms with Gasteiger partial charge in [0.05, 0.1) is 23.7 Å². The SMILES string of the molecule is COC(=O)Cn1cccc(-c2nc3ccccc3n([C@@H]3C[C@H]4CC[C@@H](C3)N4C3C[C@H]4CCC[C@@H](C3)C4)c2=O)c1=O. The Bertz CT molecular complexity index is 1530. The summed E-state index contributed by atoms with van der Waals surface area (Å²) in [5.74, 6) is 1.28. The average Bonchev–Trinajstić information content (AvgIpc) is 3.23. The predicted molar refractivity (Wildman–Crippen MR) is 153 cm³/mol. The maximum Gasteiger partial charge on any atom is 0.325 e. The molecule has 2 aliphatic carbocycles. The van der Waals surface area contributed by atoms with E-state index in [0.717, 1.165) is 30.2 Å². The number of benzene rings is 1. The molecule has 2 saturated carbocycles. The summed E-state index contributed by atoms with van der Waals surface area (Å²) in [4.78, 5) is 47.1. The summed E-state index contributed by atoms with van der Waals surface area (Å²) in [6.45, 7) is -0.213. The highest BCUT2D eigenvalue weighted by Crippen LogP contribution is 2.48. The topological polar surface area (TPSA) is 86.4 Å². The molecule has 210 valence electrons. The molecule has 8 nitrogen and oxygen atoms in total. The molecule has 3 aromatic rings. The van der Waals surface area contributed by atoms with Crippen LogP contribution >= 0.6 is 0 Å². The van der Waals surface area contributed by atoms with E-state index < -0.39 is 11.5 Å². The van der Waals surface area contributed by atoms with Gasteiger partial charge in [-0.05, 0) is 81.0 Å². The van der Waals surface area contributed by atoms with Gasteiger partial charge in [-0.3, -0.25) is 19.3 Å². The van der Waals surface area contributed by atoms with Crippen molar-refractivity contribution in [2.45, 2.75) is 94.9 Å². The van der Waals surface area contributed by atoms with Crippen molar-refractivity contribution in [1.29, 1.82) is 0 Å². The normalized spacial score (nSPS) is 29.9. The van der Waals surface area contributed by atoms with Crippen LogP contribution in [0.5, 0.6) is 0 Å². The summed E-state index contributed by atoms with van der Waals surface area (Å²) < 4.78 is 7.97. The maximum atomic E-state index is 14.2. The zero-order valence-electron chi connectivity index (χ0n) is 23.2. The van der Waals surface area contributed by atoms with E-state index in [-0.39, 0.29) is 29.4 Å². The Kier molecular flexibility index (Phi) is 6.61. The number of para-hydroxylation sites is 2. The van der Waals surface area contributed by atoms with Crippen molar-refractivity contribution in [2.24, 2.45) is 11.8 Å². The Hall–Kier alpha value is -3.26. The minimum atomic E-state index is -0.521. The van der Waals surface area contributed by atoms with Gasteiger partial charge in [0, 0.05) is 30.4 Å². The number of pyridine rings is 1. The van der Waals surface area contributed by atoms with Gasteiger partial charge in [-0.15, -0.1) is 0 Å². The van der Waals surface area contributed by atoms with Crippen molar-refractivity contribution >= 4 is 17.0 Å². The van der Waals surface area contributed by atoms with Crippen LogP contribution in [0.4, 0.5) is 0 Å². The second-order valence-corrected chi connectivity index (χ2v) is 12.5. The van der Waals surface area contributed by atoms with Gasteiger partial charge in [0.25, 0.3) is 11.1 Å². The van der Waals surface area contributed by atoms with Gasteiger partial charge in [0.15, 0.2) is 0 Å². The lowest BCUT2D eigenvalue weighted by Crippen LogP contribution is -2.52. The zero-order chi connectivity index (χ0) is 27.4. The second-order valence-electron chi connectivity index (χ2n) is 12.5. The fourth-order valence-electron chi connectivity index (χ4n) is 8.67. The molecule has 2 aromatic heterocycles. The number of nitrogens with zero attached hydrogens (tertiary/aromatic N) is 4. The van der Waals surface area contributed by atoms with Gasteiger partial charge in [-0.1, -0.05) is 31.4 Å². The minimum Gasteiger partial charge on any atom is -0.468 e. The third-order valence-corrected chi connectivity index (χ3v) is 10.3. The molecule has 2 aliphatic heterocycles. The molecule has 4 fully saturated rings. The summed E-state index contributed by atoms with van der Waals surface area (Å²) in [5.41, 5.74) is 1.25. The Morgan fingerprint density at radius 2 is 1.57 bits per heavy atom. The van der Waals surface area contributed by atoms with E-state index in [2.05, 4.69) is 4.90 Å². The van der Waals surface area contributed by atoms with Crippen LogP contribution in [0.3, 0.4) is 0 Å². The number of esters is 1. The van der Waals surface area contributed by atoms with Crippen LogP contribution in [-0.2, 0) is 16.1 Å². The van der Waals surface area contributed by atoms with Crippen LogP contribution < -0.4 is 11.1 Å². The number of aromatic nitrogens is 3. The minimum absolute atomic E-state index is 0.0667. The first-order valence-electron chi connectivity index (χ1n) is 15.1. The first kappa shape index (κ1) is 25.7. The molecular formula is C32H38N4O4. The van der Waals surface area contributed by atoms with Crippen LogP contribution in [0, 0.1) is 11.8 Å². The van der Waals surface area contributed by atoms with E-state index in [0.29, 0.717) is 23.6 Å².